The molecule has 1 aliphatic rings. The average molecular weight is 254 g/mol. The Bertz CT molecular complexity index is 608. The number of nitrogens with zero attached hydrogens (tertiary/aromatic N) is 2. The Morgan fingerprint density at radius 3 is 2.68 bits per heavy atom. The van der Waals surface area contributed by atoms with Crippen molar-refractivity contribution in [1.29, 1.82) is 0 Å². The van der Waals surface area contributed by atoms with E-state index in [-0.39, 0.29) is 0 Å². The van der Waals surface area contributed by atoms with Crippen LogP contribution in [-0.4, -0.2) is 17.3 Å². The molecule has 0 saturated carbocycles. The van der Waals surface area contributed by atoms with Gasteiger partial charge in [0.2, 0.25) is 0 Å². The molecule has 1 aromatic carbocycles. The highest BCUT2D eigenvalue weighted by molar-refractivity contribution is 5.70. The highest BCUT2D eigenvalue weighted by Gasteiger charge is 2.18. The Balaban J connectivity index is 2.15. The Hall–Kier alpha value is -1.90. The third-order valence-corrected chi connectivity index (χ3v) is 3.88. The smallest absolute Gasteiger partial charge is 0.128 e. The van der Waals surface area contributed by atoms with Gasteiger partial charge in [-0.15, -0.1) is 5.10 Å². The molecule has 3 heteroatoms. The maximum atomic E-state index is 5.43. The van der Waals surface area contributed by atoms with Crippen molar-refractivity contribution in [3.8, 4) is 17.0 Å². The maximum absolute atomic E-state index is 5.43. The number of benzene rings is 1. The van der Waals surface area contributed by atoms with Gasteiger partial charge in [-0.05, 0) is 55.9 Å². The largest absolute Gasteiger partial charge is 0.496 e. The molecular formula is C16H18N2O. The minimum Gasteiger partial charge on any atom is -0.496 e. The highest BCUT2D eigenvalue weighted by Crippen LogP contribution is 2.33. The van der Waals surface area contributed by atoms with E-state index in [1.54, 1.807) is 7.11 Å². The van der Waals surface area contributed by atoms with E-state index in [1.807, 2.05) is 24.3 Å². The van der Waals surface area contributed by atoms with Crippen LogP contribution >= 0.6 is 0 Å². The van der Waals surface area contributed by atoms with Gasteiger partial charge < -0.3 is 4.74 Å². The Morgan fingerprint density at radius 2 is 1.84 bits per heavy atom. The second kappa shape index (κ2) is 5.00. The van der Waals surface area contributed by atoms with Crippen molar-refractivity contribution in [2.45, 2.75) is 32.6 Å². The summed E-state index contributed by atoms with van der Waals surface area (Å²) in [5, 5.41) is 8.87. The molecule has 0 unspecified atom stereocenters. The van der Waals surface area contributed by atoms with Crippen molar-refractivity contribution in [3.05, 3.63) is 41.1 Å². The molecule has 0 N–H and O–H groups in total. The van der Waals surface area contributed by atoms with Gasteiger partial charge in [-0.1, -0.05) is 12.1 Å². The zero-order chi connectivity index (χ0) is 13.2. The summed E-state index contributed by atoms with van der Waals surface area (Å²) in [6, 6.07) is 8.00. The summed E-state index contributed by atoms with van der Waals surface area (Å²) in [6.07, 6.45) is 4.67. The molecule has 0 spiro atoms. The van der Waals surface area contributed by atoms with Crippen LogP contribution < -0.4 is 4.74 Å². The van der Waals surface area contributed by atoms with Gasteiger partial charge in [-0.25, -0.2) is 0 Å². The van der Waals surface area contributed by atoms with Gasteiger partial charge in [0.1, 0.15) is 5.75 Å². The first-order valence-corrected chi connectivity index (χ1v) is 6.79. The monoisotopic (exact) mass is 254 g/mol. The van der Waals surface area contributed by atoms with E-state index in [2.05, 4.69) is 17.1 Å². The summed E-state index contributed by atoms with van der Waals surface area (Å²) < 4.78 is 5.43. The van der Waals surface area contributed by atoms with E-state index in [0.29, 0.717) is 0 Å². The number of fused-ring (bicyclic) bond motifs is 1. The lowest BCUT2D eigenvalue weighted by atomic mass is 9.91. The molecule has 0 radical (unpaired) electrons. The molecule has 2 aromatic rings. The fraction of sp³-hybridized carbons (Fsp3) is 0.375. The molecule has 3 rings (SSSR count). The number of hydrogen-bond acceptors (Lipinski definition) is 3. The van der Waals surface area contributed by atoms with Gasteiger partial charge in [-0.2, -0.15) is 5.10 Å². The number of ether oxygens (including phenoxy) is 1. The Kier molecular flexibility index (Phi) is 3.20. The average Bonchev–Trinajstić information content (AvgIpc) is 2.48. The van der Waals surface area contributed by atoms with Crippen LogP contribution in [0.25, 0.3) is 11.3 Å². The number of para-hydroxylation sites is 1. The van der Waals surface area contributed by atoms with Crippen LogP contribution in [0.2, 0.25) is 0 Å². The lowest BCUT2D eigenvalue weighted by Gasteiger charge is -2.19. The second-order valence-electron chi connectivity index (χ2n) is 5.01. The van der Waals surface area contributed by atoms with Crippen LogP contribution in [0.5, 0.6) is 5.75 Å². The highest BCUT2D eigenvalue weighted by atomic mass is 16.5. The van der Waals surface area contributed by atoms with Crippen molar-refractivity contribution in [2.24, 2.45) is 0 Å². The summed E-state index contributed by atoms with van der Waals surface area (Å²) in [7, 11) is 1.69. The van der Waals surface area contributed by atoms with E-state index < -0.39 is 0 Å². The van der Waals surface area contributed by atoms with Gasteiger partial charge in [-0.3, -0.25) is 0 Å². The van der Waals surface area contributed by atoms with Crippen molar-refractivity contribution < 1.29 is 4.74 Å². The molecule has 98 valence electrons. The standard InChI is InChI=1S/C16H18N2O/c1-11-12-7-3-5-9-14(12)17-18-16(11)13-8-4-6-10-15(13)19-2/h4,6,8,10H,3,5,7,9H2,1-2H3. The van der Waals surface area contributed by atoms with Gasteiger partial charge in [0.05, 0.1) is 18.5 Å². The minimum absolute atomic E-state index is 0.857. The second-order valence-corrected chi connectivity index (χ2v) is 5.01. The lowest BCUT2D eigenvalue weighted by Crippen LogP contribution is -2.10. The molecular weight excluding hydrogens is 236 g/mol. The van der Waals surface area contributed by atoms with Crippen LogP contribution in [0.15, 0.2) is 24.3 Å². The van der Waals surface area contributed by atoms with Crippen molar-refractivity contribution in [2.75, 3.05) is 7.11 Å². The molecule has 0 amide bonds. The third kappa shape index (κ3) is 2.09. The minimum atomic E-state index is 0.857. The molecule has 0 saturated heterocycles. The molecule has 1 aromatic heterocycles. The van der Waals surface area contributed by atoms with Crippen LogP contribution in [0.4, 0.5) is 0 Å². The zero-order valence-electron chi connectivity index (χ0n) is 11.4. The number of aryl methyl sites for hydroxylation is 1. The quantitative estimate of drug-likeness (QED) is 0.824. The van der Waals surface area contributed by atoms with Crippen LogP contribution in [0, 0.1) is 6.92 Å². The lowest BCUT2D eigenvalue weighted by molar-refractivity contribution is 0.416. The normalized spacial score (nSPS) is 14.0. The molecule has 1 aliphatic carbocycles. The molecule has 0 fully saturated rings. The predicted molar refractivity (Wildman–Crippen MR) is 75.4 cm³/mol. The first kappa shape index (κ1) is 12.2. The molecule has 1 heterocycles. The summed E-state index contributed by atoms with van der Waals surface area (Å²) >= 11 is 0. The van der Waals surface area contributed by atoms with Crippen LogP contribution in [0.3, 0.4) is 0 Å². The summed E-state index contributed by atoms with van der Waals surface area (Å²) in [4.78, 5) is 0. The number of methoxy groups -OCH3 is 1. The van der Waals surface area contributed by atoms with Gasteiger partial charge in [0.25, 0.3) is 0 Å². The first-order chi connectivity index (χ1) is 9.31. The van der Waals surface area contributed by atoms with Crippen molar-refractivity contribution in [1.82, 2.24) is 10.2 Å². The van der Waals surface area contributed by atoms with E-state index in [9.17, 15) is 0 Å². The Morgan fingerprint density at radius 1 is 1.05 bits per heavy atom. The predicted octanol–water partition coefficient (Wildman–Crippen LogP) is 3.34. The van der Waals surface area contributed by atoms with Crippen molar-refractivity contribution in [3.63, 3.8) is 0 Å². The number of aromatic nitrogens is 2. The zero-order valence-corrected chi connectivity index (χ0v) is 11.4. The number of rotatable bonds is 2. The molecule has 19 heavy (non-hydrogen) atoms. The first-order valence-electron chi connectivity index (χ1n) is 6.79. The van der Waals surface area contributed by atoms with E-state index in [1.165, 1.54) is 29.7 Å². The van der Waals surface area contributed by atoms with Gasteiger partial charge in [0.15, 0.2) is 0 Å². The van der Waals surface area contributed by atoms with Gasteiger partial charge in [0, 0.05) is 5.56 Å². The fourth-order valence-corrected chi connectivity index (χ4v) is 2.83. The SMILES string of the molecule is COc1ccccc1-c1nnc2c(c1C)CCCC2. The van der Waals surface area contributed by atoms with E-state index in [0.717, 1.165) is 29.8 Å². The fourth-order valence-electron chi connectivity index (χ4n) is 2.83. The molecule has 0 aliphatic heterocycles. The summed E-state index contributed by atoms with van der Waals surface area (Å²) in [5.74, 6) is 0.857. The summed E-state index contributed by atoms with van der Waals surface area (Å²) in [5.41, 5.74) is 5.82. The molecule has 0 atom stereocenters. The molecule has 3 nitrogen and oxygen atoms in total. The number of hydrogen-bond donors (Lipinski definition) is 0. The Labute approximate surface area is 113 Å². The topological polar surface area (TPSA) is 35.0 Å². The molecule has 0 bridgehead atoms. The summed E-state index contributed by atoms with van der Waals surface area (Å²) in [6.45, 7) is 2.15. The van der Waals surface area contributed by atoms with E-state index >= 15 is 0 Å². The van der Waals surface area contributed by atoms with Gasteiger partial charge >= 0.3 is 0 Å². The third-order valence-electron chi connectivity index (χ3n) is 3.88. The van der Waals surface area contributed by atoms with E-state index in [4.69, 9.17) is 4.74 Å². The van der Waals surface area contributed by atoms with Crippen molar-refractivity contribution >= 4 is 0 Å². The van der Waals surface area contributed by atoms with Crippen LogP contribution in [0.1, 0.15) is 29.7 Å². The van der Waals surface area contributed by atoms with Crippen LogP contribution in [-0.2, 0) is 12.8 Å². The maximum Gasteiger partial charge on any atom is 0.128 e.